The number of hydrogen-bond acceptors (Lipinski definition) is 5. The van der Waals surface area contributed by atoms with Gasteiger partial charge in [-0.15, -0.1) is 11.3 Å². The molecule has 0 saturated heterocycles. The second kappa shape index (κ2) is 5.42. The van der Waals surface area contributed by atoms with Crippen LogP contribution in [0.2, 0.25) is 0 Å². The second-order valence-electron chi connectivity index (χ2n) is 4.94. The zero-order valence-electron chi connectivity index (χ0n) is 11.2. The standard InChI is InChI=1S/C15H16O4S/c1-18-15(17)12-6-5-11(19-12)14(16)10-3-2-4-13-9(10)7-8-20-13/h5-8,10,14,16H,2-4H2,1H3. The summed E-state index contributed by atoms with van der Waals surface area (Å²) in [6, 6.07) is 5.27. The molecule has 1 N–H and O–H groups in total. The molecule has 2 unspecified atom stereocenters. The lowest BCUT2D eigenvalue weighted by Gasteiger charge is -2.26. The smallest absolute Gasteiger partial charge is 0.373 e. The summed E-state index contributed by atoms with van der Waals surface area (Å²) >= 11 is 1.74. The summed E-state index contributed by atoms with van der Waals surface area (Å²) in [6.07, 6.45) is 2.36. The molecule has 4 nitrogen and oxygen atoms in total. The molecule has 0 aliphatic heterocycles. The number of aryl methyl sites for hydroxylation is 1. The number of thiophene rings is 1. The molecule has 3 rings (SSSR count). The van der Waals surface area contributed by atoms with Crippen molar-refractivity contribution in [3.63, 3.8) is 0 Å². The van der Waals surface area contributed by atoms with Crippen molar-refractivity contribution in [2.24, 2.45) is 0 Å². The monoisotopic (exact) mass is 292 g/mol. The quantitative estimate of drug-likeness (QED) is 0.882. The molecule has 0 bridgehead atoms. The Labute approximate surface area is 121 Å². The molecule has 2 atom stereocenters. The van der Waals surface area contributed by atoms with Gasteiger partial charge in [0.05, 0.1) is 7.11 Å². The molecule has 0 amide bonds. The molecule has 5 heteroatoms. The van der Waals surface area contributed by atoms with Gasteiger partial charge in [-0.2, -0.15) is 0 Å². The highest BCUT2D eigenvalue weighted by atomic mass is 32.1. The number of carbonyl (C=O) groups is 1. The number of ether oxygens (including phenoxy) is 1. The molecule has 2 aromatic heterocycles. The number of carbonyl (C=O) groups excluding carboxylic acids is 1. The van der Waals surface area contributed by atoms with E-state index in [9.17, 15) is 9.90 Å². The van der Waals surface area contributed by atoms with E-state index in [-0.39, 0.29) is 11.7 Å². The Morgan fingerprint density at radius 1 is 1.50 bits per heavy atom. The van der Waals surface area contributed by atoms with Gasteiger partial charge in [-0.1, -0.05) is 0 Å². The van der Waals surface area contributed by atoms with Gasteiger partial charge in [0.1, 0.15) is 11.9 Å². The number of hydrogen-bond donors (Lipinski definition) is 1. The van der Waals surface area contributed by atoms with E-state index in [1.807, 2.05) is 0 Å². The van der Waals surface area contributed by atoms with Crippen LogP contribution in [0.1, 0.15) is 51.6 Å². The van der Waals surface area contributed by atoms with Crippen LogP contribution in [0.3, 0.4) is 0 Å². The van der Waals surface area contributed by atoms with Crippen molar-refractivity contribution in [3.8, 4) is 0 Å². The SMILES string of the molecule is COC(=O)c1ccc(C(O)C2CCCc3sccc32)o1. The highest BCUT2D eigenvalue weighted by Crippen LogP contribution is 2.42. The molecule has 0 spiro atoms. The molecule has 2 aromatic rings. The maximum atomic E-state index is 11.4. The maximum absolute atomic E-state index is 11.4. The van der Waals surface area contributed by atoms with Crippen LogP contribution in [-0.4, -0.2) is 18.2 Å². The van der Waals surface area contributed by atoms with E-state index in [4.69, 9.17) is 4.42 Å². The molecular formula is C15H16O4S. The number of methoxy groups -OCH3 is 1. The molecule has 1 aliphatic carbocycles. The van der Waals surface area contributed by atoms with Gasteiger partial charge in [0.15, 0.2) is 0 Å². The van der Waals surface area contributed by atoms with Crippen molar-refractivity contribution < 1.29 is 19.1 Å². The summed E-state index contributed by atoms with van der Waals surface area (Å²) < 4.78 is 10.0. The van der Waals surface area contributed by atoms with E-state index < -0.39 is 12.1 Å². The Hall–Kier alpha value is -1.59. The number of aliphatic hydroxyl groups excluding tert-OH is 1. The van der Waals surface area contributed by atoms with Gasteiger partial charge in [0, 0.05) is 10.8 Å². The fourth-order valence-electron chi connectivity index (χ4n) is 2.77. The number of rotatable bonds is 3. The number of esters is 1. The van der Waals surface area contributed by atoms with Gasteiger partial charge in [0.25, 0.3) is 0 Å². The van der Waals surface area contributed by atoms with Crippen LogP contribution in [0.4, 0.5) is 0 Å². The van der Waals surface area contributed by atoms with Gasteiger partial charge in [-0.05, 0) is 48.4 Å². The summed E-state index contributed by atoms with van der Waals surface area (Å²) in [7, 11) is 1.31. The first-order valence-corrected chi connectivity index (χ1v) is 7.51. The van der Waals surface area contributed by atoms with Gasteiger partial charge in [-0.3, -0.25) is 0 Å². The van der Waals surface area contributed by atoms with Crippen molar-refractivity contribution in [2.75, 3.05) is 7.11 Å². The topological polar surface area (TPSA) is 59.7 Å². The minimum Gasteiger partial charge on any atom is -0.463 e. The number of fused-ring (bicyclic) bond motifs is 1. The molecule has 0 fully saturated rings. The summed E-state index contributed by atoms with van der Waals surface area (Å²) in [4.78, 5) is 12.7. The minimum atomic E-state index is -0.720. The van der Waals surface area contributed by atoms with E-state index in [0.29, 0.717) is 5.76 Å². The molecule has 0 saturated carbocycles. The molecular weight excluding hydrogens is 276 g/mol. The normalized spacial score (nSPS) is 19.4. The van der Waals surface area contributed by atoms with Gasteiger partial charge in [0.2, 0.25) is 5.76 Å². The first kappa shape index (κ1) is 13.4. The van der Waals surface area contributed by atoms with Crippen LogP contribution in [0.25, 0.3) is 0 Å². The van der Waals surface area contributed by atoms with Crippen molar-refractivity contribution in [2.45, 2.75) is 31.3 Å². The Morgan fingerprint density at radius 2 is 2.35 bits per heavy atom. The van der Waals surface area contributed by atoms with E-state index in [2.05, 4.69) is 16.2 Å². The van der Waals surface area contributed by atoms with E-state index in [1.54, 1.807) is 23.5 Å². The molecule has 106 valence electrons. The molecule has 0 aromatic carbocycles. The largest absolute Gasteiger partial charge is 0.463 e. The lowest BCUT2D eigenvalue weighted by Crippen LogP contribution is -2.15. The van der Waals surface area contributed by atoms with E-state index in [1.165, 1.54) is 17.6 Å². The summed E-state index contributed by atoms with van der Waals surface area (Å²) in [5, 5.41) is 12.6. The van der Waals surface area contributed by atoms with Crippen molar-refractivity contribution >= 4 is 17.3 Å². The molecule has 1 aliphatic rings. The van der Waals surface area contributed by atoms with Gasteiger partial charge < -0.3 is 14.3 Å². The van der Waals surface area contributed by atoms with Crippen molar-refractivity contribution in [1.82, 2.24) is 0 Å². The predicted octanol–water partition coefficient (Wildman–Crippen LogP) is 3.28. The lowest BCUT2D eigenvalue weighted by atomic mass is 9.83. The van der Waals surface area contributed by atoms with Crippen LogP contribution in [0, 0.1) is 0 Å². The molecule has 20 heavy (non-hydrogen) atoms. The first-order chi connectivity index (χ1) is 9.70. The Balaban J connectivity index is 1.85. The molecule has 0 radical (unpaired) electrons. The van der Waals surface area contributed by atoms with E-state index >= 15 is 0 Å². The average Bonchev–Trinajstić information content (AvgIpc) is 3.13. The van der Waals surface area contributed by atoms with Gasteiger partial charge in [-0.25, -0.2) is 4.79 Å². The van der Waals surface area contributed by atoms with Crippen LogP contribution in [0.15, 0.2) is 28.0 Å². The molecule has 2 heterocycles. The third-order valence-corrected chi connectivity index (χ3v) is 4.78. The second-order valence-corrected chi connectivity index (χ2v) is 5.94. The lowest BCUT2D eigenvalue weighted by molar-refractivity contribution is 0.0548. The third kappa shape index (κ3) is 2.27. The number of furan rings is 1. The van der Waals surface area contributed by atoms with Crippen molar-refractivity contribution in [1.29, 1.82) is 0 Å². The highest BCUT2D eigenvalue weighted by molar-refractivity contribution is 7.10. The Morgan fingerprint density at radius 3 is 3.15 bits per heavy atom. The van der Waals surface area contributed by atoms with Gasteiger partial charge >= 0.3 is 5.97 Å². The van der Waals surface area contributed by atoms with Crippen LogP contribution < -0.4 is 0 Å². The first-order valence-electron chi connectivity index (χ1n) is 6.63. The predicted molar refractivity (Wildman–Crippen MR) is 75.0 cm³/mol. The van der Waals surface area contributed by atoms with Crippen LogP contribution >= 0.6 is 11.3 Å². The third-order valence-electron chi connectivity index (χ3n) is 3.78. The number of aliphatic hydroxyl groups is 1. The van der Waals surface area contributed by atoms with Crippen LogP contribution in [-0.2, 0) is 11.2 Å². The Kier molecular flexibility index (Phi) is 3.63. The Bertz CT molecular complexity index is 613. The maximum Gasteiger partial charge on any atom is 0.373 e. The zero-order chi connectivity index (χ0) is 14.1. The highest BCUT2D eigenvalue weighted by Gasteiger charge is 2.30. The van der Waals surface area contributed by atoms with Crippen LogP contribution in [0.5, 0.6) is 0 Å². The van der Waals surface area contributed by atoms with E-state index in [0.717, 1.165) is 19.3 Å². The van der Waals surface area contributed by atoms with Crippen molar-refractivity contribution in [3.05, 3.63) is 45.5 Å². The minimum absolute atomic E-state index is 0.0432. The average molecular weight is 292 g/mol. The fourth-order valence-corrected chi connectivity index (χ4v) is 3.77. The summed E-state index contributed by atoms with van der Waals surface area (Å²) in [6.45, 7) is 0. The summed E-state index contributed by atoms with van der Waals surface area (Å²) in [5.74, 6) is 0.0716. The summed E-state index contributed by atoms with van der Waals surface area (Å²) in [5.41, 5.74) is 1.21. The zero-order valence-corrected chi connectivity index (χ0v) is 12.0. The fraction of sp³-hybridized carbons (Fsp3) is 0.400.